The average molecular weight is 293 g/mol. The summed E-state index contributed by atoms with van der Waals surface area (Å²) in [6.07, 6.45) is 3.95. The zero-order valence-corrected chi connectivity index (χ0v) is 13.4. The van der Waals surface area contributed by atoms with E-state index in [2.05, 4.69) is 12.2 Å². The molecule has 0 aliphatic heterocycles. The van der Waals surface area contributed by atoms with Crippen molar-refractivity contribution in [1.29, 1.82) is 0 Å². The molecule has 1 unspecified atom stereocenters. The lowest BCUT2D eigenvalue weighted by atomic mass is 10.1. The lowest BCUT2D eigenvalue weighted by Gasteiger charge is -2.21. The molecule has 0 spiro atoms. The lowest BCUT2D eigenvalue weighted by Crippen LogP contribution is -2.26. The Kier molecular flexibility index (Phi) is 6.33. The van der Waals surface area contributed by atoms with Crippen LogP contribution in [-0.4, -0.2) is 34.0 Å². The normalized spacial score (nSPS) is 15.8. The van der Waals surface area contributed by atoms with E-state index in [0.717, 1.165) is 36.1 Å². The van der Waals surface area contributed by atoms with E-state index in [1.54, 1.807) is 14.2 Å². The SMILES string of the molecule is CCNC(COCCC1CC1)c1cc(OC)ccc1OC. The minimum absolute atomic E-state index is 0.124. The second-order valence-electron chi connectivity index (χ2n) is 5.53. The van der Waals surface area contributed by atoms with E-state index in [4.69, 9.17) is 14.2 Å². The van der Waals surface area contributed by atoms with Gasteiger partial charge in [0.15, 0.2) is 0 Å². The van der Waals surface area contributed by atoms with Gasteiger partial charge in [0.25, 0.3) is 0 Å². The van der Waals surface area contributed by atoms with Crippen LogP contribution in [0.15, 0.2) is 18.2 Å². The molecule has 118 valence electrons. The van der Waals surface area contributed by atoms with Crippen molar-refractivity contribution in [3.8, 4) is 11.5 Å². The maximum absolute atomic E-state index is 5.87. The number of ether oxygens (including phenoxy) is 3. The summed E-state index contributed by atoms with van der Waals surface area (Å²) in [4.78, 5) is 0. The van der Waals surface area contributed by atoms with Crippen molar-refractivity contribution < 1.29 is 14.2 Å². The smallest absolute Gasteiger partial charge is 0.123 e. The molecule has 1 atom stereocenters. The van der Waals surface area contributed by atoms with Crippen molar-refractivity contribution in [2.75, 3.05) is 34.0 Å². The van der Waals surface area contributed by atoms with Gasteiger partial charge >= 0.3 is 0 Å². The zero-order valence-electron chi connectivity index (χ0n) is 13.4. The Balaban J connectivity index is 2.00. The predicted octanol–water partition coefficient (Wildman–Crippen LogP) is 3.17. The second-order valence-corrected chi connectivity index (χ2v) is 5.53. The largest absolute Gasteiger partial charge is 0.497 e. The first-order valence-electron chi connectivity index (χ1n) is 7.81. The van der Waals surface area contributed by atoms with Gasteiger partial charge in [-0.2, -0.15) is 0 Å². The van der Waals surface area contributed by atoms with E-state index < -0.39 is 0 Å². The molecule has 0 radical (unpaired) electrons. The predicted molar refractivity (Wildman–Crippen MR) is 84.1 cm³/mol. The van der Waals surface area contributed by atoms with Gasteiger partial charge in [0.1, 0.15) is 11.5 Å². The number of methoxy groups -OCH3 is 2. The molecule has 4 nitrogen and oxygen atoms in total. The molecular formula is C17H27NO3. The highest BCUT2D eigenvalue weighted by Crippen LogP contribution is 2.33. The molecule has 0 bridgehead atoms. The number of rotatable bonds is 10. The summed E-state index contributed by atoms with van der Waals surface area (Å²) in [6, 6.07) is 6.01. The maximum Gasteiger partial charge on any atom is 0.123 e. The molecule has 4 heteroatoms. The molecule has 0 aromatic heterocycles. The van der Waals surface area contributed by atoms with Gasteiger partial charge in [-0.05, 0) is 37.1 Å². The number of benzene rings is 1. The topological polar surface area (TPSA) is 39.7 Å². The number of likely N-dealkylation sites (N-methyl/N-ethyl adjacent to an activating group) is 1. The van der Waals surface area contributed by atoms with Gasteiger partial charge in [0.05, 0.1) is 26.9 Å². The summed E-state index contributed by atoms with van der Waals surface area (Å²) >= 11 is 0. The summed E-state index contributed by atoms with van der Waals surface area (Å²) in [5, 5.41) is 3.47. The van der Waals surface area contributed by atoms with Crippen molar-refractivity contribution >= 4 is 0 Å². The highest BCUT2D eigenvalue weighted by atomic mass is 16.5. The molecule has 1 aromatic carbocycles. The number of nitrogens with one attached hydrogen (secondary N) is 1. The third kappa shape index (κ3) is 4.90. The molecule has 2 rings (SSSR count). The van der Waals surface area contributed by atoms with Gasteiger partial charge in [-0.1, -0.05) is 19.8 Å². The second kappa shape index (κ2) is 8.25. The maximum atomic E-state index is 5.87. The van der Waals surface area contributed by atoms with E-state index in [0.29, 0.717) is 6.61 Å². The molecular weight excluding hydrogens is 266 g/mol. The van der Waals surface area contributed by atoms with E-state index in [-0.39, 0.29) is 6.04 Å². The Morgan fingerprint density at radius 2 is 2.05 bits per heavy atom. The van der Waals surface area contributed by atoms with Crippen LogP contribution in [0.5, 0.6) is 11.5 Å². The molecule has 1 fully saturated rings. The van der Waals surface area contributed by atoms with Gasteiger partial charge in [0, 0.05) is 12.2 Å². The Bertz CT molecular complexity index is 432. The van der Waals surface area contributed by atoms with Crippen LogP contribution in [0.25, 0.3) is 0 Å². The van der Waals surface area contributed by atoms with Crippen molar-refractivity contribution in [2.45, 2.75) is 32.2 Å². The fourth-order valence-electron chi connectivity index (χ4n) is 2.47. The molecule has 1 aliphatic carbocycles. The number of hydrogen-bond donors (Lipinski definition) is 1. The first-order chi connectivity index (χ1) is 10.3. The summed E-state index contributed by atoms with van der Waals surface area (Å²) in [7, 11) is 3.38. The van der Waals surface area contributed by atoms with Crippen LogP contribution in [0, 0.1) is 5.92 Å². The zero-order chi connectivity index (χ0) is 15.1. The average Bonchev–Trinajstić information content (AvgIpc) is 3.34. The van der Waals surface area contributed by atoms with Crippen LogP contribution in [0.3, 0.4) is 0 Å². The molecule has 0 heterocycles. The Labute approximate surface area is 127 Å². The Hall–Kier alpha value is -1.26. The molecule has 0 amide bonds. The molecule has 1 aliphatic rings. The van der Waals surface area contributed by atoms with Crippen LogP contribution < -0.4 is 14.8 Å². The third-order valence-corrected chi connectivity index (χ3v) is 3.91. The van der Waals surface area contributed by atoms with Gasteiger partial charge in [0.2, 0.25) is 0 Å². The minimum Gasteiger partial charge on any atom is -0.497 e. The van der Waals surface area contributed by atoms with E-state index in [1.807, 2.05) is 18.2 Å². The third-order valence-electron chi connectivity index (χ3n) is 3.91. The minimum atomic E-state index is 0.124. The van der Waals surface area contributed by atoms with Gasteiger partial charge < -0.3 is 19.5 Å². The molecule has 21 heavy (non-hydrogen) atoms. The van der Waals surface area contributed by atoms with Gasteiger partial charge in [-0.3, -0.25) is 0 Å². The molecule has 0 saturated heterocycles. The van der Waals surface area contributed by atoms with Crippen LogP contribution in [0.1, 0.15) is 37.8 Å². The monoisotopic (exact) mass is 293 g/mol. The molecule has 1 N–H and O–H groups in total. The first-order valence-corrected chi connectivity index (χ1v) is 7.81. The quantitative estimate of drug-likeness (QED) is 0.673. The fourth-order valence-corrected chi connectivity index (χ4v) is 2.47. The summed E-state index contributed by atoms with van der Waals surface area (Å²) in [5.74, 6) is 2.62. The van der Waals surface area contributed by atoms with Crippen molar-refractivity contribution in [1.82, 2.24) is 5.32 Å². The summed E-state index contributed by atoms with van der Waals surface area (Å²) in [6.45, 7) is 4.49. The standard InChI is InChI=1S/C17H27NO3/c1-4-18-16(12-21-10-9-13-5-6-13)15-11-14(19-2)7-8-17(15)20-3/h7-8,11,13,16,18H,4-6,9-10,12H2,1-3H3. The summed E-state index contributed by atoms with van der Waals surface area (Å²) < 4.78 is 16.7. The number of hydrogen-bond acceptors (Lipinski definition) is 4. The van der Waals surface area contributed by atoms with Crippen molar-refractivity contribution in [3.05, 3.63) is 23.8 Å². The van der Waals surface area contributed by atoms with Crippen LogP contribution >= 0.6 is 0 Å². The summed E-state index contributed by atoms with van der Waals surface area (Å²) in [5.41, 5.74) is 1.09. The van der Waals surface area contributed by atoms with Gasteiger partial charge in [-0.15, -0.1) is 0 Å². The van der Waals surface area contributed by atoms with Crippen LogP contribution in [-0.2, 0) is 4.74 Å². The fraction of sp³-hybridized carbons (Fsp3) is 0.647. The van der Waals surface area contributed by atoms with Crippen LogP contribution in [0.4, 0.5) is 0 Å². The van der Waals surface area contributed by atoms with Crippen molar-refractivity contribution in [2.24, 2.45) is 5.92 Å². The molecule has 1 saturated carbocycles. The van der Waals surface area contributed by atoms with Gasteiger partial charge in [-0.25, -0.2) is 0 Å². The van der Waals surface area contributed by atoms with E-state index >= 15 is 0 Å². The van der Waals surface area contributed by atoms with Crippen molar-refractivity contribution in [3.63, 3.8) is 0 Å². The Morgan fingerprint density at radius 1 is 1.24 bits per heavy atom. The van der Waals surface area contributed by atoms with E-state index in [9.17, 15) is 0 Å². The lowest BCUT2D eigenvalue weighted by molar-refractivity contribution is 0.106. The van der Waals surface area contributed by atoms with Crippen LogP contribution in [0.2, 0.25) is 0 Å². The van der Waals surface area contributed by atoms with E-state index in [1.165, 1.54) is 19.3 Å². The Morgan fingerprint density at radius 3 is 2.67 bits per heavy atom. The highest BCUT2D eigenvalue weighted by Gasteiger charge is 2.21. The molecule has 1 aromatic rings. The first kappa shape index (κ1) is 16.1. The highest BCUT2D eigenvalue weighted by molar-refractivity contribution is 5.42.